The predicted molar refractivity (Wildman–Crippen MR) is 166 cm³/mol. The van der Waals surface area contributed by atoms with Crippen molar-refractivity contribution in [2.24, 2.45) is 0 Å². The molecule has 0 aromatic carbocycles. The Balaban J connectivity index is 1.25. The number of anilines is 2. The van der Waals surface area contributed by atoms with E-state index in [0.717, 1.165) is 10.9 Å². The van der Waals surface area contributed by atoms with Gasteiger partial charge in [0, 0.05) is 6.20 Å². The zero-order valence-corrected chi connectivity index (χ0v) is 26.9. The van der Waals surface area contributed by atoms with Crippen LogP contribution in [-0.4, -0.2) is 98.3 Å². The standard InChI is InChI=1S/C23H24FN9O10P2S2/c1-2-23-6-39-45(37,47)42-15-11(24)10(40-21(15)33-8-29-13-18(33)30-22(26)31-19(13)35)5-38-44(36,46)43-16(23)14(34)20(41-23)32-7-28-12-9(25)3-4-27-17(12)32/h1,3-4,7-8,10-11,14-16,20-21,34H,5-6H2,(H2,25,27)(H,36,46)(H,37,47)(H3,26,30,31,35)/t10-,11+,14-,15-,16+,20-,21-,23-,44?,45?/m1/s1. The Bertz CT molecular complexity index is 2090. The molecule has 4 aromatic rings. The minimum atomic E-state index is -4.45. The second kappa shape index (κ2) is 11.6. The van der Waals surface area contributed by atoms with Gasteiger partial charge in [0.15, 0.2) is 41.0 Å². The number of halogens is 1. The zero-order chi connectivity index (χ0) is 33.5. The van der Waals surface area contributed by atoms with Crippen molar-refractivity contribution in [1.29, 1.82) is 0 Å². The second-order valence-corrected chi connectivity index (χ2v) is 16.2. The average Bonchev–Trinajstić information content (AvgIpc) is 3.76. The number of ether oxygens (including phenoxy) is 2. The van der Waals surface area contributed by atoms with Crippen molar-refractivity contribution >= 4 is 71.0 Å². The van der Waals surface area contributed by atoms with E-state index < -0.39 is 80.9 Å². The number of nitrogens with one attached hydrogen (secondary N) is 1. The first-order valence-electron chi connectivity index (χ1n) is 13.5. The third-order valence-corrected chi connectivity index (χ3v) is 10.8. The second-order valence-electron chi connectivity index (χ2n) is 10.6. The monoisotopic (exact) mass is 731 g/mol. The molecule has 7 rings (SSSR count). The molecule has 24 heteroatoms. The largest absolute Gasteiger partial charge is 0.397 e. The van der Waals surface area contributed by atoms with Crippen molar-refractivity contribution in [2.45, 2.75) is 48.6 Å². The van der Waals surface area contributed by atoms with E-state index in [1.807, 2.05) is 0 Å². The van der Waals surface area contributed by atoms with Gasteiger partial charge in [0.1, 0.15) is 29.9 Å². The predicted octanol–water partition coefficient (Wildman–Crippen LogP) is -0.523. The summed E-state index contributed by atoms with van der Waals surface area (Å²) in [4.78, 5) is 53.5. The van der Waals surface area contributed by atoms with Gasteiger partial charge in [-0.2, -0.15) is 4.98 Å². The van der Waals surface area contributed by atoms with Crippen LogP contribution >= 0.6 is 13.4 Å². The van der Waals surface area contributed by atoms with Crippen molar-refractivity contribution in [2.75, 3.05) is 24.7 Å². The van der Waals surface area contributed by atoms with E-state index in [4.69, 9.17) is 69.1 Å². The summed E-state index contributed by atoms with van der Waals surface area (Å²) in [6.45, 7) is -10.4. The zero-order valence-electron chi connectivity index (χ0n) is 23.5. The molecule has 0 amide bonds. The van der Waals surface area contributed by atoms with Crippen LogP contribution in [0, 0.1) is 12.3 Å². The molecule has 10 atom stereocenters. The van der Waals surface area contributed by atoms with Crippen molar-refractivity contribution in [3.05, 3.63) is 35.3 Å². The summed E-state index contributed by atoms with van der Waals surface area (Å²) in [5.74, 6) is 2.08. The Morgan fingerprint density at radius 3 is 2.53 bits per heavy atom. The number of rotatable bonds is 2. The number of aromatic nitrogens is 7. The van der Waals surface area contributed by atoms with Gasteiger partial charge in [-0.05, 0) is 29.7 Å². The number of aliphatic hydroxyl groups is 1. The molecule has 2 unspecified atom stereocenters. The molecule has 19 nitrogen and oxygen atoms in total. The molecule has 4 aromatic heterocycles. The van der Waals surface area contributed by atoms with Crippen molar-refractivity contribution in [3.8, 4) is 12.3 Å². The lowest BCUT2D eigenvalue weighted by Crippen LogP contribution is -2.47. The van der Waals surface area contributed by atoms with Gasteiger partial charge in [0.05, 0.1) is 31.6 Å². The number of nitrogens with two attached hydrogens (primary N) is 2. The van der Waals surface area contributed by atoms with Gasteiger partial charge < -0.3 is 44.9 Å². The number of fused-ring (bicyclic) bond motifs is 5. The van der Waals surface area contributed by atoms with Gasteiger partial charge >= 0.3 is 13.4 Å². The summed E-state index contributed by atoms with van der Waals surface area (Å²) < 4.78 is 52.9. The topological polar surface area (TPSA) is 262 Å². The van der Waals surface area contributed by atoms with Crippen molar-refractivity contribution < 1.29 is 46.9 Å². The maximum Gasteiger partial charge on any atom is 0.325 e. The van der Waals surface area contributed by atoms with E-state index in [2.05, 4.69) is 30.8 Å². The third-order valence-electron chi connectivity index (χ3n) is 7.74. The molecular formula is C23H24FN9O10P2S2. The molecule has 3 aliphatic rings. The Kier molecular flexibility index (Phi) is 8.00. The fourth-order valence-electron chi connectivity index (χ4n) is 5.56. The number of imidazole rings is 2. The van der Waals surface area contributed by atoms with Gasteiger partial charge in [0.25, 0.3) is 5.56 Å². The SMILES string of the molecule is C#C[C@@]12COP(O)(=S)O[C@@H]3[C@@H](F)[C@@H](COP(O)(=S)O[C@H]1[C@@H](O)[C@H](n1cnc4c(N)ccnc41)O2)O[C@H]3n1cnc2c(=O)[nH]c(N)nc21. The molecule has 8 N–H and O–H groups in total. The maximum atomic E-state index is 16.0. The van der Waals surface area contributed by atoms with Gasteiger partial charge in [-0.15, -0.1) is 6.42 Å². The minimum Gasteiger partial charge on any atom is -0.397 e. The lowest BCUT2D eigenvalue weighted by atomic mass is 9.97. The van der Waals surface area contributed by atoms with Crippen LogP contribution < -0.4 is 17.0 Å². The van der Waals surface area contributed by atoms with Crippen LogP contribution in [0.5, 0.6) is 0 Å². The molecule has 0 spiro atoms. The lowest BCUT2D eigenvalue weighted by Gasteiger charge is -2.33. The molecule has 47 heavy (non-hydrogen) atoms. The Morgan fingerprint density at radius 2 is 1.79 bits per heavy atom. The number of alkyl halides is 1. The number of hydrogen-bond donors (Lipinski definition) is 6. The number of H-pyrrole nitrogens is 1. The fourth-order valence-corrected chi connectivity index (χ4v) is 8.40. The van der Waals surface area contributed by atoms with E-state index in [9.17, 15) is 19.7 Å². The van der Waals surface area contributed by atoms with E-state index >= 15 is 4.39 Å². The highest BCUT2D eigenvalue weighted by Gasteiger charge is 2.59. The highest BCUT2D eigenvalue weighted by molar-refractivity contribution is 8.07. The summed E-state index contributed by atoms with van der Waals surface area (Å²) >= 11 is 10.4. The Labute approximate surface area is 272 Å². The molecule has 3 aliphatic heterocycles. The smallest absolute Gasteiger partial charge is 0.325 e. The highest BCUT2D eigenvalue weighted by Crippen LogP contribution is 2.56. The van der Waals surface area contributed by atoms with Crippen LogP contribution in [0.25, 0.3) is 22.3 Å². The van der Waals surface area contributed by atoms with E-state index in [1.54, 1.807) is 0 Å². The summed E-state index contributed by atoms with van der Waals surface area (Å²) in [5, 5.41) is 11.5. The molecule has 3 saturated heterocycles. The van der Waals surface area contributed by atoms with Crippen LogP contribution in [0.3, 0.4) is 0 Å². The van der Waals surface area contributed by atoms with E-state index in [1.165, 1.54) is 23.2 Å². The van der Waals surface area contributed by atoms with Crippen molar-refractivity contribution in [1.82, 2.24) is 34.1 Å². The lowest BCUT2D eigenvalue weighted by molar-refractivity contribution is -0.0912. The fraction of sp³-hybridized carbons (Fsp3) is 0.435. The number of nitrogen functional groups attached to an aromatic ring is 2. The summed E-state index contributed by atoms with van der Waals surface area (Å²) in [7, 11) is 0. The third kappa shape index (κ3) is 5.56. The quantitative estimate of drug-likeness (QED) is 0.112. The number of aliphatic hydroxyl groups excluding tert-OH is 1. The van der Waals surface area contributed by atoms with Crippen LogP contribution in [0.15, 0.2) is 29.7 Å². The molecule has 7 heterocycles. The average molecular weight is 732 g/mol. The number of hydrogen-bond acceptors (Lipinski definition) is 16. The Morgan fingerprint density at radius 1 is 1.09 bits per heavy atom. The molecule has 0 aliphatic carbocycles. The van der Waals surface area contributed by atoms with E-state index in [0.29, 0.717) is 11.2 Å². The van der Waals surface area contributed by atoms with Crippen molar-refractivity contribution in [3.63, 3.8) is 0 Å². The van der Waals surface area contributed by atoms with Crippen LogP contribution in [0.2, 0.25) is 0 Å². The number of pyridine rings is 1. The molecule has 2 bridgehead atoms. The first-order chi connectivity index (χ1) is 22.2. The minimum absolute atomic E-state index is 0.0979. The van der Waals surface area contributed by atoms with Gasteiger partial charge in [-0.1, -0.05) is 5.92 Å². The van der Waals surface area contributed by atoms with Crippen LogP contribution in [0.1, 0.15) is 12.5 Å². The summed E-state index contributed by atoms with van der Waals surface area (Å²) in [6, 6.07) is 1.53. The molecule has 3 fully saturated rings. The molecule has 250 valence electrons. The van der Waals surface area contributed by atoms with Gasteiger partial charge in [0.2, 0.25) is 5.95 Å². The highest BCUT2D eigenvalue weighted by atomic mass is 32.5. The van der Waals surface area contributed by atoms with E-state index in [-0.39, 0.29) is 22.8 Å². The molecule has 0 saturated carbocycles. The number of aromatic amines is 1. The summed E-state index contributed by atoms with van der Waals surface area (Å²) in [5.41, 5.74) is 9.48. The van der Waals surface area contributed by atoms with Gasteiger partial charge in [-0.25, -0.2) is 19.3 Å². The first-order valence-corrected chi connectivity index (χ1v) is 18.6. The van der Waals surface area contributed by atoms with Gasteiger partial charge in [-0.3, -0.25) is 28.0 Å². The van der Waals surface area contributed by atoms with Crippen LogP contribution in [-0.2, 0) is 51.2 Å². The molecule has 0 radical (unpaired) electrons. The number of nitrogens with zero attached hydrogens (tertiary/aromatic N) is 6. The first kappa shape index (κ1) is 32.5. The van der Waals surface area contributed by atoms with Crippen LogP contribution in [0.4, 0.5) is 16.0 Å². The maximum absolute atomic E-state index is 16.0. The number of terminal acetylenes is 1. The normalized spacial score (nSPS) is 38.0. The Hall–Kier alpha value is -3.00. The summed E-state index contributed by atoms with van der Waals surface area (Å²) in [6.07, 6.45) is -1.76. The molecular weight excluding hydrogens is 707 g/mol.